The number of benzene rings is 2. The molecule has 0 saturated heterocycles. The van der Waals surface area contributed by atoms with Gasteiger partial charge in [-0.1, -0.05) is 64.4 Å². The molecule has 0 spiro atoms. The van der Waals surface area contributed by atoms with Gasteiger partial charge in [-0.3, -0.25) is 9.36 Å². The minimum absolute atomic E-state index is 0.131. The van der Waals surface area contributed by atoms with E-state index < -0.39 is 18.0 Å². The van der Waals surface area contributed by atoms with Crippen LogP contribution in [0.2, 0.25) is 10.0 Å². The van der Waals surface area contributed by atoms with Crippen LogP contribution in [-0.2, 0) is 19.1 Å². The van der Waals surface area contributed by atoms with E-state index in [0.29, 0.717) is 26.2 Å². The van der Waals surface area contributed by atoms with Crippen molar-refractivity contribution in [2.24, 2.45) is 4.99 Å². The molecule has 4 rings (SSSR count). The Morgan fingerprint density at radius 1 is 1.13 bits per heavy atom. The number of allylic oxidation sites excluding steroid dienone is 1. The monoisotopic (exact) mass is 574 g/mol. The first-order valence-corrected chi connectivity index (χ1v) is 13.2. The summed E-state index contributed by atoms with van der Waals surface area (Å²) in [6.45, 7) is 5.27. The maximum atomic E-state index is 13.7. The number of hydrogen-bond donors (Lipinski definition) is 0. The number of halogens is 2. The summed E-state index contributed by atoms with van der Waals surface area (Å²) in [5.74, 6) is -0.968. The number of methoxy groups -OCH3 is 1. The largest absolute Gasteiger partial charge is 0.479 e. The SMILES string of the molecule is CCOC(=O)C1=C(C)N=c2s/c(=C/c3cc(Cl)c(OCC(=O)OC)c(Cl)c3)c(=O)n2[C@H]1c1ccc(C)cc1. The number of rotatable bonds is 7. The van der Waals surface area contributed by atoms with E-state index in [2.05, 4.69) is 9.73 Å². The van der Waals surface area contributed by atoms with Gasteiger partial charge in [0.1, 0.15) is 0 Å². The molecule has 1 aliphatic heterocycles. The third-order valence-corrected chi connectivity index (χ3v) is 7.33. The van der Waals surface area contributed by atoms with Gasteiger partial charge in [-0.15, -0.1) is 0 Å². The van der Waals surface area contributed by atoms with E-state index in [4.69, 9.17) is 32.7 Å². The fourth-order valence-electron chi connectivity index (χ4n) is 4.00. The molecule has 2 aromatic carbocycles. The van der Waals surface area contributed by atoms with Crippen molar-refractivity contribution in [3.8, 4) is 5.75 Å². The summed E-state index contributed by atoms with van der Waals surface area (Å²) in [5.41, 5.74) is 2.83. The third kappa shape index (κ3) is 5.55. The Bertz CT molecular complexity index is 1600. The van der Waals surface area contributed by atoms with Crippen LogP contribution < -0.4 is 19.6 Å². The minimum atomic E-state index is -0.700. The number of aromatic nitrogens is 1. The topological polar surface area (TPSA) is 96.2 Å². The van der Waals surface area contributed by atoms with Crippen LogP contribution in [0.4, 0.5) is 0 Å². The van der Waals surface area contributed by atoms with Gasteiger partial charge >= 0.3 is 11.9 Å². The number of aryl methyl sites for hydroxylation is 1. The number of ether oxygens (including phenoxy) is 3. The maximum Gasteiger partial charge on any atom is 0.343 e. The first-order chi connectivity index (χ1) is 18.1. The molecule has 2 heterocycles. The van der Waals surface area contributed by atoms with Gasteiger partial charge in [0.25, 0.3) is 5.56 Å². The van der Waals surface area contributed by atoms with Crippen LogP contribution in [0.5, 0.6) is 5.75 Å². The van der Waals surface area contributed by atoms with Crippen molar-refractivity contribution in [1.29, 1.82) is 0 Å². The zero-order chi connectivity index (χ0) is 27.6. The molecule has 0 aliphatic carbocycles. The van der Waals surface area contributed by atoms with E-state index in [1.54, 1.807) is 32.1 Å². The fraction of sp³-hybridized carbons (Fsp3) is 0.259. The van der Waals surface area contributed by atoms with Gasteiger partial charge in [-0.25, -0.2) is 14.6 Å². The van der Waals surface area contributed by atoms with Gasteiger partial charge in [0.2, 0.25) is 0 Å². The summed E-state index contributed by atoms with van der Waals surface area (Å²) in [7, 11) is 1.24. The summed E-state index contributed by atoms with van der Waals surface area (Å²) < 4.78 is 17.1. The van der Waals surface area contributed by atoms with E-state index >= 15 is 0 Å². The average Bonchev–Trinajstić information content (AvgIpc) is 3.17. The predicted octanol–water partition coefficient (Wildman–Crippen LogP) is 3.97. The normalized spacial score (nSPS) is 15.1. The summed E-state index contributed by atoms with van der Waals surface area (Å²) in [4.78, 5) is 43.1. The van der Waals surface area contributed by atoms with Gasteiger partial charge in [0, 0.05) is 0 Å². The van der Waals surface area contributed by atoms with E-state index in [-0.39, 0.29) is 34.6 Å². The van der Waals surface area contributed by atoms with Crippen molar-refractivity contribution < 1.29 is 23.8 Å². The molecular weight excluding hydrogens is 551 g/mol. The van der Waals surface area contributed by atoms with Crippen molar-refractivity contribution in [3.05, 3.63) is 94.1 Å². The number of carbonyl (C=O) groups excluding carboxylic acids is 2. The molecule has 0 radical (unpaired) electrons. The predicted molar refractivity (Wildman–Crippen MR) is 146 cm³/mol. The molecule has 1 aromatic heterocycles. The lowest BCUT2D eigenvalue weighted by atomic mass is 9.95. The maximum absolute atomic E-state index is 13.7. The summed E-state index contributed by atoms with van der Waals surface area (Å²) in [5, 5.41) is 0.330. The highest BCUT2D eigenvalue weighted by Gasteiger charge is 2.33. The van der Waals surface area contributed by atoms with Crippen LogP contribution >= 0.6 is 34.5 Å². The number of fused-ring (bicyclic) bond motifs is 1. The summed E-state index contributed by atoms with van der Waals surface area (Å²) in [6.07, 6.45) is 1.64. The Morgan fingerprint density at radius 3 is 2.39 bits per heavy atom. The average molecular weight is 575 g/mol. The molecule has 38 heavy (non-hydrogen) atoms. The molecule has 11 heteroatoms. The van der Waals surface area contributed by atoms with Crippen molar-refractivity contribution in [3.63, 3.8) is 0 Å². The Morgan fingerprint density at radius 2 is 1.79 bits per heavy atom. The second-order valence-corrected chi connectivity index (χ2v) is 10.2. The molecule has 0 saturated carbocycles. The second-order valence-electron chi connectivity index (χ2n) is 8.39. The van der Waals surface area contributed by atoms with Crippen molar-refractivity contribution in [2.75, 3.05) is 20.3 Å². The van der Waals surface area contributed by atoms with Crippen molar-refractivity contribution >= 4 is 52.6 Å². The van der Waals surface area contributed by atoms with Gasteiger partial charge in [0.15, 0.2) is 17.2 Å². The van der Waals surface area contributed by atoms with Crippen molar-refractivity contribution in [1.82, 2.24) is 4.57 Å². The molecule has 198 valence electrons. The highest BCUT2D eigenvalue weighted by atomic mass is 35.5. The molecule has 0 bridgehead atoms. The zero-order valence-corrected chi connectivity index (χ0v) is 23.4. The smallest absolute Gasteiger partial charge is 0.343 e. The molecule has 1 atom stereocenters. The van der Waals surface area contributed by atoms with E-state index in [1.807, 2.05) is 31.2 Å². The lowest BCUT2D eigenvalue weighted by molar-refractivity contribution is -0.143. The highest BCUT2D eigenvalue weighted by Crippen LogP contribution is 2.35. The molecule has 0 amide bonds. The molecule has 0 N–H and O–H groups in total. The summed E-state index contributed by atoms with van der Waals surface area (Å²) >= 11 is 13.9. The third-order valence-electron chi connectivity index (χ3n) is 5.79. The van der Waals surface area contributed by atoms with Crippen LogP contribution in [-0.4, -0.2) is 36.8 Å². The van der Waals surface area contributed by atoms with E-state index in [9.17, 15) is 14.4 Å². The van der Waals surface area contributed by atoms with Gasteiger partial charge in [-0.2, -0.15) is 0 Å². The van der Waals surface area contributed by atoms with Crippen LogP contribution in [0.15, 0.2) is 57.5 Å². The van der Waals surface area contributed by atoms with Crippen molar-refractivity contribution in [2.45, 2.75) is 26.8 Å². The summed E-state index contributed by atoms with van der Waals surface area (Å²) in [6, 6.07) is 10.1. The Hall–Kier alpha value is -3.40. The second kappa shape index (κ2) is 11.6. The Kier molecular flexibility index (Phi) is 8.40. The lowest BCUT2D eigenvalue weighted by Crippen LogP contribution is -2.39. The first kappa shape index (κ1) is 27.6. The Balaban J connectivity index is 1.83. The number of carbonyl (C=O) groups is 2. The van der Waals surface area contributed by atoms with E-state index in [1.165, 1.54) is 23.0 Å². The first-order valence-electron chi connectivity index (χ1n) is 11.6. The van der Waals surface area contributed by atoms with E-state index in [0.717, 1.165) is 11.1 Å². The van der Waals surface area contributed by atoms with Crippen LogP contribution in [0.1, 0.15) is 36.6 Å². The molecular formula is C27H24Cl2N2O6S. The number of esters is 2. The van der Waals surface area contributed by atoms with Gasteiger partial charge in [-0.05, 0) is 50.1 Å². The van der Waals surface area contributed by atoms with Crippen LogP contribution in [0.3, 0.4) is 0 Å². The minimum Gasteiger partial charge on any atom is -0.479 e. The van der Waals surface area contributed by atoms with Gasteiger partial charge in [0.05, 0.1) is 45.6 Å². The molecule has 8 nitrogen and oxygen atoms in total. The lowest BCUT2D eigenvalue weighted by Gasteiger charge is -2.24. The standard InChI is InChI=1S/C27H24Cl2N2O6S/c1-5-36-26(34)22-15(3)30-27-31(23(22)17-8-6-14(2)7-9-17)25(33)20(38-27)12-16-10-18(28)24(19(29)11-16)37-13-21(32)35-4/h6-12,23H,5,13H2,1-4H3/b20-12+/t23-/m0/s1. The quantitative estimate of drug-likeness (QED) is 0.396. The fourth-order valence-corrected chi connectivity index (χ4v) is 5.66. The van der Waals surface area contributed by atoms with Gasteiger partial charge < -0.3 is 14.2 Å². The molecule has 1 aliphatic rings. The molecule has 0 fully saturated rings. The highest BCUT2D eigenvalue weighted by molar-refractivity contribution is 7.07. The molecule has 0 unspecified atom stereocenters. The zero-order valence-electron chi connectivity index (χ0n) is 21.0. The number of hydrogen-bond acceptors (Lipinski definition) is 8. The number of nitrogens with zero attached hydrogens (tertiary/aromatic N) is 2. The Labute approximate surface area is 232 Å². The van der Waals surface area contributed by atoms with Crippen LogP contribution in [0, 0.1) is 6.92 Å². The number of thiazole rings is 1. The van der Waals surface area contributed by atoms with Crippen LogP contribution in [0.25, 0.3) is 6.08 Å². The molecule has 3 aromatic rings.